The molecule has 0 atom stereocenters. The predicted octanol–water partition coefficient (Wildman–Crippen LogP) is 2.36. The normalized spacial score (nSPS) is 14.3. The van der Waals surface area contributed by atoms with E-state index in [0.717, 1.165) is 24.6 Å². The molecule has 3 rings (SSSR count). The number of rotatable bonds is 5. The lowest BCUT2D eigenvalue weighted by Crippen LogP contribution is -2.39. The van der Waals surface area contributed by atoms with Gasteiger partial charge in [-0.3, -0.25) is 4.99 Å². The van der Waals surface area contributed by atoms with Crippen molar-refractivity contribution in [2.24, 2.45) is 4.99 Å². The third kappa shape index (κ3) is 4.72. The molecule has 0 bridgehead atoms. The Hall–Kier alpha value is -1.57. The zero-order valence-electron chi connectivity index (χ0n) is 12.7. The highest BCUT2D eigenvalue weighted by atomic mass is 127. The van der Waals surface area contributed by atoms with Crippen molar-refractivity contribution in [2.75, 3.05) is 13.6 Å². The Bertz CT molecular complexity index is 604. The summed E-state index contributed by atoms with van der Waals surface area (Å²) in [6.45, 7) is 0.854. The molecule has 1 aromatic heterocycles. The van der Waals surface area contributed by atoms with Gasteiger partial charge in [-0.25, -0.2) is 4.68 Å². The number of halogens is 1. The van der Waals surface area contributed by atoms with Crippen LogP contribution in [0.15, 0.2) is 47.7 Å². The maximum atomic E-state index is 4.41. The van der Waals surface area contributed by atoms with Crippen molar-refractivity contribution in [1.82, 2.24) is 20.4 Å². The first-order valence-electron chi connectivity index (χ1n) is 7.41. The second-order valence-corrected chi connectivity index (χ2v) is 5.30. The molecule has 0 amide bonds. The Balaban J connectivity index is 0.00000176. The van der Waals surface area contributed by atoms with Gasteiger partial charge in [0.1, 0.15) is 0 Å². The molecule has 0 aliphatic heterocycles. The molecule has 1 aliphatic carbocycles. The molecule has 1 aliphatic rings. The van der Waals surface area contributed by atoms with Gasteiger partial charge in [0.15, 0.2) is 5.96 Å². The standard InChI is InChI=1S/C16H21N5.HI/c1-17-16(20-14-7-8-14)18-10-9-13-11-19-21(12-13)15-5-3-2-4-6-15;/h2-6,11-12,14H,7-10H2,1H3,(H2,17,18,20);1H. The van der Waals surface area contributed by atoms with E-state index < -0.39 is 0 Å². The zero-order chi connectivity index (χ0) is 14.5. The minimum absolute atomic E-state index is 0. The van der Waals surface area contributed by atoms with Crippen LogP contribution in [0.1, 0.15) is 18.4 Å². The number of nitrogens with zero attached hydrogens (tertiary/aromatic N) is 3. The van der Waals surface area contributed by atoms with Crippen LogP contribution in [-0.2, 0) is 6.42 Å². The van der Waals surface area contributed by atoms with Crippen molar-refractivity contribution >= 4 is 29.9 Å². The lowest BCUT2D eigenvalue weighted by molar-refractivity contribution is 0.791. The quantitative estimate of drug-likeness (QED) is 0.451. The first kappa shape index (κ1) is 16.8. The molecule has 0 unspecified atom stereocenters. The van der Waals surface area contributed by atoms with Crippen LogP contribution in [0.3, 0.4) is 0 Å². The van der Waals surface area contributed by atoms with Gasteiger partial charge in [0.25, 0.3) is 0 Å². The van der Waals surface area contributed by atoms with Crippen LogP contribution in [-0.4, -0.2) is 35.4 Å². The maximum absolute atomic E-state index is 4.41. The van der Waals surface area contributed by atoms with Crippen LogP contribution >= 0.6 is 24.0 Å². The summed E-state index contributed by atoms with van der Waals surface area (Å²) in [6, 6.07) is 10.8. The van der Waals surface area contributed by atoms with E-state index in [1.165, 1.54) is 18.4 Å². The van der Waals surface area contributed by atoms with Gasteiger partial charge in [0.05, 0.1) is 11.9 Å². The van der Waals surface area contributed by atoms with Crippen LogP contribution in [0, 0.1) is 0 Å². The van der Waals surface area contributed by atoms with E-state index >= 15 is 0 Å². The summed E-state index contributed by atoms with van der Waals surface area (Å²) in [5.74, 6) is 0.896. The van der Waals surface area contributed by atoms with Crippen molar-refractivity contribution in [3.8, 4) is 5.69 Å². The fourth-order valence-electron chi connectivity index (χ4n) is 2.15. The van der Waals surface area contributed by atoms with E-state index in [1.807, 2.05) is 36.1 Å². The average molecular weight is 411 g/mol. The van der Waals surface area contributed by atoms with Gasteiger partial charge >= 0.3 is 0 Å². The Morgan fingerprint density at radius 2 is 2.09 bits per heavy atom. The van der Waals surface area contributed by atoms with Crippen molar-refractivity contribution in [2.45, 2.75) is 25.3 Å². The first-order chi connectivity index (χ1) is 10.3. The van der Waals surface area contributed by atoms with Gasteiger partial charge in [-0.1, -0.05) is 18.2 Å². The van der Waals surface area contributed by atoms with E-state index in [2.05, 4.69) is 39.1 Å². The molecule has 1 saturated carbocycles. The van der Waals surface area contributed by atoms with Gasteiger partial charge in [0.2, 0.25) is 0 Å². The summed E-state index contributed by atoms with van der Waals surface area (Å²) < 4.78 is 1.91. The Morgan fingerprint density at radius 3 is 2.77 bits per heavy atom. The zero-order valence-corrected chi connectivity index (χ0v) is 15.0. The molecular formula is C16H22IN5. The topological polar surface area (TPSA) is 54.2 Å². The molecule has 118 valence electrons. The fourth-order valence-corrected chi connectivity index (χ4v) is 2.15. The fraction of sp³-hybridized carbons (Fsp3) is 0.375. The van der Waals surface area contributed by atoms with Gasteiger partial charge < -0.3 is 10.6 Å². The summed E-state index contributed by atoms with van der Waals surface area (Å²) in [7, 11) is 1.81. The summed E-state index contributed by atoms with van der Waals surface area (Å²) in [5, 5.41) is 11.1. The lowest BCUT2D eigenvalue weighted by atomic mass is 10.2. The molecular weight excluding hydrogens is 389 g/mol. The first-order valence-corrected chi connectivity index (χ1v) is 7.41. The number of para-hydroxylation sites is 1. The monoisotopic (exact) mass is 411 g/mol. The lowest BCUT2D eigenvalue weighted by Gasteiger charge is -2.10. The average Bonchev–Trinajstić information content (AvgIpc) is 3.22. The third-order valence-corrected chi connectivity index (χ3v) is 3.50. The number of aliphatic imine (C=N–C) groups is 1. The van der Waals surface area contributed by atoms with E-state index in [-0.39, 0.29) is 24.0 Å². The number of aromatic nitrogens is 2. The van der Waals surface area contributed by atoms with E-state index in [9.17, 15) is 0 Å². The largest absolute Gasteiger partial charge is 0.356 e. The highest BCUT2D eigenvalue weighted by Gasteiger charge is 2.21. The number of hydrogen-bond donors (Lipinski definition) is 2. The molecule has 5 nitrogen and oxygen atoms in total. The summed E-state index contributed by atoms with van der Waals surface area (Å²) >= 11 is 0. The van der Waals surface area contributed by atoms with Crippen LogP contribution in [0.5, 0.6) is 0 Å². The van der Waals surface area contributed by atoms with Gasteiger partial charge in [-0.15, -0.1) is 24.0 Å². The highest BCUT2D eigenvalue weighted by Crippen LogP contribution is 2.18. The molecule has 1 aromatic carbocycles. The van der Waals surface area contributed by atoms with Crippen molar-refractivity contribution < 1.29 is 0 Å². The number of nitrogens with one attached hydrogen (secondary N) is 2. The number of hydrogen-bond acceptors (Lipinski definition) is 2. The molecule has 2 N–H and O–H groups in total. The van der Waals surface area contributed by atoms with Crippen LogP contribution in [0.25, 0.3) is 5.69 Å². The molecule has 6 heteroatoms. The Morgan fingerprint density at radius 1 is 1.32 bits per heavy atom. The van der Waals surface area contributed by atoms with Crippen molar-refractivity contribution in [3.63, 3.8) is 0 Å². The molecule has 22 heavy (non-hydrogen) atoms. The smallest absolute Gasteiger partial charge is 0.191 e. The summed E-state index contributed by atoms with van der Waals surface area (Å²) in [5.41, 5.74) is 2.30. The summed E-state index contributed by atoms with van der Waals surface area (Å²) in [4.78, 5) is 4.23. The second kappa shape index (κ2) is 8.17. The van der Waals surface area contributed by atoms with E-state index in [4.69, 9.17) is 0 Å². The minimum Gasteiger partial charge on any atom is -0.356 e. The van der Waals surface area contributed by atoms with E-state index in [1.54, 1.807) is 0 Å². The van der Waals surface area contributed by atoms with E-state index in [0.29, 0.717) is 6.04 Å². The van der Waals surface area contributed by atoms with Gasteiger partial charge in [-0.2, -0.15) is 5.10 Å². The minimum atomic E-state index is 0. The van der Waals surface area contributed by atoms with Crippen molar-refractivity contribution in [3.05, 3.63) is 48.3 Å². The van der Waals surface area contributed by atoms with Crippen LogP contribution < -0.4 is 10.6 Å². The molecule has 1 heterocycles. The van der Waals surface area contributed by atoms with Crippen molar-refractivity contribution in [1.29, 1.82) is 0 Å². The molecule has 2 aromatic rings. The highest BCUT2D eigenvalue weighted by molar-refractivity contribution is 14.0. The molecule has 0 saturated heterocycles. The molecule has 1 fully saturated rings. The van der Waals surface area contributed by atoms with Gasteiger partial charge in [-0.05, 0) is 37.0 Å². The van der Waals surface area contributed by atoms with Crippen LogP contribution in [0.2, 0.25) is 0 Å². The number of guanidine groups is 1. The third-order valence-electron chi connectivity index (χ3n) is 3.50. The molecule has 0 radical (unpaired) electrons. The predicted molar refractivity (Wildman–Crippen MR) is 100 cm³/mol. The Labute approximate surface area is 148 Å². The Kier molecular flexibility index (Phi) is 6.23. The summed E-state index contributed by atoms with van der Waals surface area (Å²) in [6.07, 6.45) is 7.44. The number of benzene rings is 1. The SMILES string of the molecule is CN=C(NCCc1cnn(-c2ccccc2)c1)NC1CC1.I. The van der Waals surface area contributed by atoms with Gasteiger partial charge in [0, 0.05) is 25.8 Å². The van der Waals surface area contributed by atoms with Crippen LogP contribution in [0.4, 0.5) is 0 Å². The maximum Gasteiger partial charge on any atom is 0.191 e. The molecule has 0 spiro atoms. The second-order valence-electron chi connectivity index (χ2n) is 5.30.